The van der Waals surface area contributed by atoms with Crippen LogP contribution in [0.1, 0.15) is 42.7 Å². The summed E-state index contributed by atoms with van der Waals surface area (Å²) in [5.74, 6) is -0.0752. The summed E-state index contributed by atoms with van der Waals surface area (Å²) in [7, 11) is 1.78. The summed E-state index contributed by atoms with van der Waals surface area (Å²) < 4.78 is 1.68. The zero-order chi connectivity index (χ0) is 11.5. The van der Waals surface area contributed by atoms with Crippen molar-refractivity contribution in [2.75, 3.05) is 0 Å². The van der Waals surface area contributed by atoms with Crippen LogP contribution in [-0.4, -0.2) is 21.1 Å². The number of ketones is 2. The van der Waals surface area contributed by atoms with Gasteiger partial charge in [-0.15, -0.1) is 0 Å². The number of carbonyl (C=O) groups excluding carboxylic acids is 2. The number of nitrogens with zero attached hydrogens (tertiary/aromatic N) is 2. The maximum Gasteiger partial charge on any atom is 0.208 e. The highest BCUT2D eigenvalue weighted by molar-refractivity contribution is 6.09. The van der Waals surface area contributed by atoms with Gasteiger partial charge < -0.3 is 4.57 Å². The van der Waals surface area contributed by atoms with Crippen molar-refractivity contribution < 1.29 is 9.59 Å². The summed E-state index contributed by atoms with van der Waals surface area (Å²) in [5.41, 5.74) is 0. The average Bonchev–Trinajstić information content (AvgIpc) is 2.56. The summed E-state index contributed by atoms with van der Waals surface area (Å²) in [6.07, 6.45) is 7.49. The third-order valence-corrected chi connectivity index (χ3v) is 3.16. The fourth-order valence-electron chi connectivity index (χ4n) is 2.20. The lowest BCUT2D eigenvalue weighted by molar-refractivity contribution is -0.121. The van der Waals surface area contributed by atoms with Crippen LogP contribution in [0.4, 0.5) is 0 Å². The van der Waals surface area contributed by atoms with E-state index in [1.165, 1.54) is 0 Å². The Morgan fingerprint density at radius 3 is 2.94 bits per heavy atom. The Morgan fingerprint density at radius 2 is 2.25 bits per heavy atom. The van der Waals surface area contributed by atoms with E-state index in [2.05, 4.69) is 4.98 Å². The molecule has 2 rings (SSSR count). The molecular weight excluding hydrogens is 204 g/mol. The molecule has 0 amide bonds. The standard InChI is InChI=1S/C12H16N2O2/c1-14-8-7-13-12(14)11(16)9-5-3-2-4-6-10(9)15/h7-9H,2-6H2,1H3. The fourth-order valence-corrected chi connectivity index (χ4v) is 2.20. The van der Waals surface area contributed by atoms with Gasteiger partial charge in [0.05, 0.1) is 5.92 Å². The first kappa shape index (κ1) is 11.0. The lowest BCUT2D eigenvalue weighted by Crippen LogP contribution is -2.25. The van der Waals surface area contributed by atoms with Crippen LogP contribution in [0.15, 0.2) is 12.4 Å². The maximum atomic E-state index is 12.1. The molecule has 1 saturated carbocycles. The molecule has 1 atom stereocenters. The van der Waals surface area contributed by atoms with Gasteiger partial charge in [0.2, 0.25) is 5.78 Å². The van der Waals surface area contributed by atoms with Crippen molar-refractivity contribution >= 4 is 11.6 Å². The second kappa shape index (κ2) is 4.60. The van der Waals surface area contributed by atoms with E-state index in [0.717, 1.165) is 19.3 Å². The number of imidazole rings is 1. The minimum Gasteiger partial charge on any atom is -0.332 e. The van der Waals surface area contributed by atoms with E-state index < -0.39 is 5.92 Å². The normalized spacial score (nSPS) is 21.8. The molecule has 0 aromatic carbocycles. The van der Waals surface area contributed by atoms with Gasteiger partial charge in [0, 0.05) is 25.9 Å². The quantitative estimate of drug-likeness (QED) is 0.433. The van der Waals surface area contributed by atoms with Crippen molar-refractivity contribution in [1.82, 2.24) is 9.55 Å². The minimum absolute atomic E-state index is 0.0884. The lowest BCUT2D eigenvalue weighted by Gasteiger charge is -2.10. The topological polar surface area (TPSA) is 52.0 Å². The Labute approximate surface area is 94.7 Å². The Kier molecular flexibility index (Phi) is 3.17. The highest BCUT2D eigenvalue weighted by atomic mass is 16.2. The largest absolute Gasteiger partial charge is 0.332 e. The number of aromatic nitrogens is 2. The Hall–Kier alpha value is -1.45. The second-order valence-electron chi connectivity index (χ2n) is 4.34. The predicted molar refractivity (Wildman–Crippen MR) is 59.1 cm³/mol. The van der Waals surface area contributed by atoms with Crippen molar-refractivity contribution in [2.24, 2.45) is 13.0 Å². The molecule has 4 nitrogen and oxygen atoms in total. The van der Waals surface area contributed by atoms with E-state index >= 15 is 0 Å². The molecule has 16 heavy (non-hydrogen) atoms. The van der Waals surface area contributed by atoms with E-state index in [1.54, 1.807) is 24.0 Å². The van der Waals surface area contributed by atoms with Crippen LogP contribution in [0, 0.1) is 5.92 Å². The Bertz CT molecular complexity index is 409. The van der Waals surface area contributed by atoms with Gasteiger partial charge in [0.25, 0.3) is 0 Å². The van der Waals surface area contributed by atoms with Crippen LogP contribution in [0.3, 0.4) is 0 Å². The molecule has 1 fully saturated rings. The molecule has 1 unspecified atom stereocenters. The fraction of sp³-hybridized carbons (Fsp3) is 0.583. The van der Waals surface area contributed by atoms with Gasteiger partial charge in [-0.1, -0.05) is 12.8 Å². The predicted octanol–water partition coefficient (Wildman–Crippen LogP) is 1.75. The van der Waals surface area contributed by atoms with E-state index in [-0.39, 0.29) is 11.6 Å². The van der Waals surface area contributed by atoms with Crippen LogP contribution in [0.2, 0.25) is 0 Å². The van der Waals surface area contributed by atoms with Gasteiger partial charge in [0.1, 0.15) is 5.78 Å². The highest BCUT2D eigenvalue weighted by Gasteiger charge is 2.30. The first-order valence-electron chi connectivity index (χ1n) is 5.74. The molecule has 1 heterocycles. The molecule has 1 aliphatic carbocycles. The first-order chi connectivity index (χ1) is 7.70. The van der Waals surface area contributed by atoms with E-state index in [1.807, 2.05) is 0 Å². The van der Waals surface area contributed by atoms with Crippen molar-refractivity contribution in [3.63, 3.8) is 0 Å². The van der Waals surface area contributed by atoms with Gasteiger partial charge in [0.15, 0.2) is 5.82 Å². The van der Waals surface area contributed by atoms with E-state index in [4.69, 9.17) is 0 Å². The molecule has 0 N–H and O–H groups in total. The zero-order valence-corrected chi connectivity index (χ0v) is 9.48. The number of carbonyl (C=O) groups is 2. The summed E-state index contributed by atoms with van der Waals surface area (Å²) >= 11 is 0. The smallest absolute Gasteiger partial charge is 0.208 e. The molecule has 1 aliphatic rings. The van der Waals surface area contributed by atoms with Gasteiger partial charge in [-0.2, -0.15) is 0 Å². The molecule has 86 valence electrons. The van der Waals surface area contributed by atoms with Gasteiger partial charge in [-0.05, 0) is 12.8 Å². The van der Waals surface area contributed by atoms with Crippen molar-refractivity contribution in [3.8, 4) is 0 Å². The monoisotopic (exact) mass is 220 g/mol. The van der Waals surface area contributed by atoms with E-state index in [9.17, 15) is 9.59 Å². The summed E-state index contributed by atoms with van der Waals surface area (Å²) in [6, 6.07) is 0. The third-order valence-electron chi connectivity index (χ3n) is 3.16. The minimum atomic E-state index is -0.455. The first-order valence-corrected chi connectivity index (χ1v) is 5.74. The third kappa shape index (κ3) is 2.05. The SMILES string of the molecule is Cn1ccnc1C(=O)C1CCCCCC1=O. The van der Waals surface area contributed by atoms with Crippen molar-refractivity contribution in [2.45, 2.75) is 32.1 Å². The summed E-state index contributed by atoms with van der Waals surface area (Å²) in [5, 5.41) is 0. The molecule has 0 spiro atoms. The average molecular weight is 220 g/mol. The Morgan fingerprint density at radius 1 is 1.44 bits per heavy atom. The molecule has 1 aromatic heterocycles. The van der Waals surface area contributed by atoms with Gasteiger partial charge in [-0.25, -0.2) is 4.98 Å². The molecule has 1 aromatic rings. The molecular formula is C12H16N2O2. The van der Waals surface area contributed by atoms with Crippen LogP contribution in [-0.2, 0) is 11.8 Å². The molecule has 0 radical (unpaired) electrons. The number of rotatable bonds is 2. The summed E-state index contributed by atoms with van der Waals surface area (Å²) in [4.78, 5) is 28.0. The summed E-state index contributed by atoms with van der Waals surface area (Å²) in [6.45, 7) is 0. The molecule has 4 heteroatoms. The van der Waals surface area contributed by atoms with Crippen LogP contribution in [0.5, 0.6) is 0 Å². The van der Waals surface area contributed by atoms with Crippen LogP contribution in [0.25, 0.3) is 0 Å². The van der Waals surface area contributed by atoms with Crippen molar-refractivity contribution in [1.29, 1.82) is 0 Å². The maximum absolute atomic E-state index is 12.1. The molecule has 0 saturated heterocycles. The Balaban J connectivity index is 2.20. The lowest BCUT2D eigenvalue weighted by atomic mass is 9.94. The number of aryl methyl sites for hydroxylation is 1. The highest BCUT2D eigenvalue weighted by Crippen LogP contribution is 2.22. The number of hydrogen-bond acceptors (Lipinski definition) is 3. The molecule has 0 aliphatic heterocycles. The van der Waals surface area contributed by atoms with Gasteiger partial charge in [-0.3, -0.25) is 9.59 Å². The van der Waals surface area contributed by atoms with E-state index in [0.29, 0.717) is 18.7 Å². The van der Waals surface area contributed by atoms with Crippen LogP contribution >= 0.6 is 0 Å². The number of hydrogen-bond donors (Lipinski definition) is 0. The van der Waals surface area contributed by atoms with Gasteiger partial charge >= 0.3 is 0 Å². The van der Waals surface area contributed by atoms with Crippen LogP contribution < -0.4 is 0 Å². The molecule has 0 bridgehead atoms. The van der Waals surface area contributed by atoms with Crippen molar-refractivity contribution in [3.05, 3.63) is 18.2 Å². The number of Topliss-reactive ketones (excluding diaryl/α,β-unsaturated/α-hetero) is 2. The second-order valence-corrected chi connectivity index (χ2v) is 4.34. The zero-order valence-electron chi connectivity index (χ0n) is 9.48.